The van der Waals surface area contributed by atoms with Gasteiger partial charge in [-0.25, -0.2) is 14.4 Å². The van der Waals surface area contributed by atoms with E-state index in [2.05, 4.69) is 20.3 Å². The number of aryl methyl sites for hydroxylation is 2. The van der Waals surface area contributed by atoms with Crippen LogP contribution in [0.25, 0.3) is 0 Å². The van der Waals surface area contributed by atoms with Gasteiger partial charge in [0.1, 0.15) is 5.82 Å². The standard InChI is InChI=1S/C17H15ClFN5.2ClH/c18-17-22-10-14(19)16(24-17)23-13-3-1-2-11(8-13)4-5-12-6-7-21-15(20)9-12;;/h1-3,6-10H,4-5H2,(H2,20,21)(H,22,23,24);2*1H. The number of rotatable bonds is 5. The molecule has 9 heteroatoms. The molecule has 0 saturated carbocycles. The second-order valence-electron chi connectivity index (χ2n) is 5.25. The zero-order valence-corrected chi connectivity index (χ0v) is 15.9. The molecule has 2 aromatic heterocycles. The second kappa shape index (κ2) is 10.1. The Morgan fingerprint density at radius 1 is 1.04 bits per heavy atom. The van der Waals surface area contributed by atoms with E-state index in [0.717, 1.165) is 35.9 Å². The van der Waals surface area contributed by atoms with Crippen molar-refractivity contribution in [3.63, 3.8) is 0 Å². The lowest BCUT2D eigenvalue weighted by atomic mass is 10.0. The Balaban J connectivity index is 0.00000169. The molecule has 2 heterocycles. The molecule has 0 spiro atoms. The van der Waals surface area contributed by atoms with Gasteiger partial charge in [0, 0.05) is 11.9 Å². The molecule has 0 amide bonds. The monoisotopic (exact) mass is 415 g/mol. The van der Waals surface area contributed by atoms with Crippen LogP contribution in [0.15, 0.2) is 48.8 Å². The van der Waals surface area contributed by atoms with Crippen molar-refractivity contribution in [2.75, 3.05) is 11.1 Å². The number of nitrogen functional groups attached to an aromatic ring is 1. The van der Waals surface area contributed by atoms with E-state index in [4.69, 9.17) is 17.3 Å². The Labute approximate surface area is 168 Å². The first-order valence-corrected chi connectivity index (χ1v) is 7.72. The summed E-state index contributed by atoms with van der Waals surface area (Å²) < 4.78 is 13.7. The number of anilines is 3. The number of nitrogens with one attached hydrogen (secondary N) is 1. The van der Waals surface area contributed by atoms with E-state index in [1.54, 1.807) is 6.20 Å². The molecule has 0 radical (unpaired) electrons. The third kappa shape index (κ3) is 5.98. The van der Waals surface area contributed by atoms with E-state index in [9.17, 15) is 4.39 Å². The van der Waals surface area contributed by atoms with Crippen molar-refractivity contribution in [3.8, 4) is 0 Å². The maximum atomic E-state index is 13.7. The highest BCUT2D eigenvalue weighted by atomic mass is 35.5. The van der Waals surface area contributed by atoms with Crippen LogP contribution in [0.1, 0.15) is 11.1 Å². The van der Waals surface area contributed by atoms with E-state index in [0.29, 0.717) is 5.82 Å². The number of hydrogen-bond donors (Lipinski definition) is 2. The lowest BCUT2D eigenvalue weighted by Crippen LogP contribution is -2.00. The molecule has 1 aromatic carbocycles. The highest BCUT2D eigenvalue weighted by Gasteiger charge is 2.07. The molecule has 0 aliphatic carbocycles. The quantitative estimate of drug-likeness (QED) is 0.594. The highest BCUT2D eigenvalue weighted by molar-refractivity contribution is 6.28. The lowest BCUT2D eigenvalue weighted by molar-refractivity contribution is 0.619. The summed E-state index contributed by atoms with van der Waals surface area (Å²) in [6.45, 7) is 0. The molecule has 3 aromatic rings. The van der Waals surface area contributed by atoms with Crippen LogP contribution in [-0.4, -0.2) is 15.0 Å². The lowest BCUT2D eigenvalue weighted by Gasteiger charge is -2.09. The van der Waals surface area contributed by atoms with Crippen LogP contribution in [0.3, 0.4) is 0 Å². The van der Waals surface area contributed by atoms with Gasteiger partial charge in [-0.3, -0.25) is 0 Å². The summed E-state index contributed by atoms with van der Waals surface area (Å²) in [5.74, 6) is 0.00477. The molecule has 3 rings (SSSR count). The largest absolute Gasteiger partial charge is 0.384 e. The minimum absolute atomic E-state index is 0. The van der Waals surface area contributed by atoms with Crippen molar-refractivity contribution in [2.24, 2.45) is 0 Å². The fourth-order valence-electron chi connectivity index (χ4n) is 2.31. The Morgan fingerprint density at radius 3 is 2.50 bits per heavy atom. The molecule has 0 fully saturated rings. The fourth-order valence-corrected chi connectivity index (χ4v) is 2.45. The molecule has 0 aliphatic rings. The summed E-state index contributed by atoms with van der Waals surface area (Å²) >= 11 is 5.70. The molecule has 0 atom stereocenters. The number of nitrogens with zero attached hydrogens (tertiary/aromatic N) is 3. The third-order valence-corrected chi connectivity index (χ3v) is 3.63. The van der Waals surface area contributed by atoms with Gasteiger partial charge in [-0.15, -0.1) is 24.8 Å². The van der Waals surface area contributed by atoms with Crippen molar-refractivity contribution in [1.29, 1.82) is 0 Å². The van der Waals surface area contributed by atoms with Crippen LogP contribution in [0, 0.1) is 5.82 Å². The smallest absolute Gasteiger partial charge is 0.224 e. The summed E-state index contributed by atoms with van der Waals surface area (Å²) in [6.07, 6.45) is 4.40. The number of hydrogen-bond acceptors (Lipinski definition) is 5. The molecule has 5 nitrogen and oxygen atoms in total. The van der Waals surface area contributed by atoms with Gasteiger partial charge in [0.05, 0.1) is 6.20 Å². The summed E-state index contributed by atoms with van der Waals surface area (Å²) in [5, 5.41) is 2.91. The predicted molar refractivity (Wildman–Crippen MR) is 107 cm³/mol. The third-order valence-electron chi connectivity index (χ3n) is 3.45. The van der Waals surface area contributed by atoms with Crippen LogP contribution in [0.2, 0.25) is 5.28 Å². The number of pyridine rings is 1. The Morgan fingerprint density at radius 2 is 1.77 bits per heavy atom. The van der Waals surface area contributed by atoms with Crippen LogP contribution in [0.4, 0.5) is 21.7 Å². The number of halogens is 4. The van der Waals surface area contributed by atoms with E-state index in [1.165, 1.54) is 0 Å². The molecule has 3 N–H and O–H groups in total. The first kappa shape index (κ1) is 21.9. The molecular formula is C17H17Cl3FN5. The molecule has 0 unspecified atom stereocenters. The van der Waals surface area contributed by atoms with Crippen LogP contribution in [0.5, 0.6) is 0 Å². The van der Waals surface area contributed by atoms with Crippen molar-refractivity contribution in [1.82, 2.24) is 15.0 Å². The second-order valence-corrected chi connectivity index (χ2v) is 5.59. The molecule has 26 heavy (non-hydrogen) atoms. The maximum Gasteiger partial charge on any atom is 0.224 e. The van der Waals surface area contributed by atoms with Gasteiger partial charge in [0.15, 0.2) is 11.6 Å². The van der Waals surface area contributed by atoms with Gasteiger partial charge in [0.2, 0.25) is 5.28 Å². The first-order chi connectivity index (χ1) is 11.6. The van der Waals surface area contributed by atoms with Gasteiger partial charge in [0.25, 0.3) is 0 Å². The first-order valence-electron chi connectivity index (χ1n) is 7.34. The van der Waals surface area contributed by atoms with E-state index in [1.807, 2.05) is 36.4 Å². The molecular weight excluding hydrogens is 400 g/mol. The zero-order valence-electron chi connectivity index (χ0n) is 13.5. The van der Waals surface area contributed by atoms with Crippen molar-refractivity contribution in [3.05, 3.63) is 71.0 Å². The summed E-state index contributed by atoms with van der Waals surface area (Å²) in [4.78, 5) is 11.4. The van der Waals surface area contributed by atoms with Gasteiger partial charge in [-0.1, -0.05) is 12.1 Å². The van der Waals surface area contributed by atoms with Crippen molar-refractivity contribution >= 4 is 53.7 Å². The molecule has 138 valence electrons. The average molecular weight is 417 g/mol. The predicted octanol–water partition coefficient (Wildman–Crippen LogP) is 4.62. The van der Waals surface area contributed by atoms with Crippen molar-refractivity contribution < 1.29 is 4.39 Å². The molecule has 0 aliphatic heterocycles. The molecule has 0 bridgehead atoms. The Hall–Kier alpha value is -2.15. The maximum absolute atomic E-state index is 13.7. The van der Waals surface area contributed by atoms with Gasteiger partial charge >= 0.3 is 0 Å². The van der Waals surface area contributed by atoms with Crippen LogP contribution in [-0.2, 0) is 12.8 Å². The van der Waals surface area contributed by atoms with Crippen LogP contribution >= 0.6 is 36.4 Å². The van der Waals surface area contributed by atoms with Crippen LogP contribution < -0.4 is 11.1 Å². The summed E-state index contributed by atoms with van der Waals surface area (Å²) in [7, 11) is 0. The van der Waals surface area contributed by atoms with E-state index in [-0.39, 0.29) is 35.9 Å². The van der Waals surface area contributed by atoms with E-state index >= 15 is 0 Å². The minimum Gasteiger partial charge on any atom is -0.384 e. The average Bonchev–Trinajstić information content (AvgIpc) is 2.57. The zero-order chi connectivity index (χ0) is 16.9. The SMILES string of the molecule is Cl.Cl.Nc1cc(CCc2cccc(Nc3nc(Cl)ncc3F)c2)ccn1. The summed E-state index contributed by atoms with van der Waals surface area (Å²) in [6, 6.07) is 11.5. The minimum atomic E-state index is -0.558. The summed E-state index contributed by atoms with van der Waals surface area (Å²) in [5.41, 5.74) is 8.64. The van der Waals surface area contributed by atoms with E-state index < -0.39 is 5.82 Å². The van der Waals surface area contributed by atoms with Gasteiger partial charge in [-0.05, 0) is 59.8 Å². The fraction of sp³-hybridized carbons (Fsp3) is 0.118. The Kier molecular flexibility index (Phi) is 8.51. The number of nitrogens with two attached hydrogens (primary N) is 1. The highest BCUT2D eigenvalue weighted by Crippen LogP contribution is 2.20. The van der Waals surface area contributed by atoms with Gasteiger partial charge < -0.3 is 11.1 Å². The Bertz CT molecular complexity index is 863. The normalized spacial score (nSPS) is 9.77. The molecule has 0 saturated heterocycles. The van der Waals surface area contributed by atoms with Gasteiger partial charge in [-0.2, -0.15) is 4.98 Å². The number of aromatic nitrogens is 3. The topological polar surface area (TPSA) is 76.7 Å². The number of benzene rings is 1. The van der Waals surface area contributed by atoms with Crippen molar-refractivity contribution in [2.45, 2.75) is 12.8 Å².